The van der Waals surface area contributed by atoms with Crippen molar-refractivity contribution >= 4 is 17.4 Å². The summed E-state index contributed by atoms with van der Waals surface area (Å²) in [7, 11) is 0. The van der Waals surface area contributed by atoms with Crippen molar-refractivity contribution in [3.05, 3.63) is 53.4 Å². The average Bonchev–Trinajstić information content (AvgIpc) is 3.03. The Kier molecular flexibility index (Phi) is 3.24. The minimum atomic E-state index is 0.331. The molecule has 0 saturated carbocycles. The van der Waals surface area contributed by atoms with Gasteiger partial charge in [0.1, 0.15) is 11.5 Å². The van der Waals surface area contributed by atoms with Crippen LogP contribution in [0.3, 0.4) is 0 Å². The molecule has 0 radical (unpaired) electrons. The minimum absolute atomic E-state index is 0.331. The molecule has 0 unspecified atom stereocenters. The molecule has 0 aliphatic rings. The molecule has 0 amide bonds. The van der Waals surface area contributed by atoms with Gasteiger partial charge in [-0.25, -0.2) is 4.68 Å². The molecule has 2 aromatic heterocycles. The van der Waals surface area contributed by atoms with Crippen molar-refractivity contribution in [2.75, 3.05) is 5.73 Å². The lowest BCUT2D eigenvalue weighted by atomic mass is 10.1. The molecule has 3 rings (SSSR count). The van der Waals surface area contributed by atoms with Gasteiger partial charge in [0.2, 0.25) is 5.22 Å². The molecule has 4 nitrogen and oxygen atoms in total. The summed E-state index contributed by atoms with van der Waals surface area (Å²) in [5, 5.41) is 4.93. The van der Waals surface area contributed by atoms with Crippen molar-refractivity contribution in [2.24, 2.45) is 0 Å². The predicted molar refractivity (Wildman–Crippen MR) is 80.1 cm³/mol. The van der Waals surface area contributed by atoms with Gasteiger partial charge in [0.05, 0.1) is 17.5 Å². The lowest BCUT2D eigenvalue weighted by Crippen LogP contribution is -2.02. The quantitative estimate of drug-likeness (QED) is 0.794. The minimum Gasteiger partial charge on any atom is -0.452 e. The molecular weight excluding hydrogens is 274 g/mol. The molecule has 5 heteroatoms. The fourth-order valence-corrected chi connectivity index (χ4v) is 2.46. The number of furan rings is 1. The SMILES string of the molecule is CCc1c(-c2ccoc2Cl)nn(-c2ccccc2)c1N. The number of para-hydroxylation sites is 1. The molecule has 0 bridgehead atoms. The second-order valence-electron chi connectivity index (χ2n) is 4.42. The molecule has 20 heavy (non-hydrogen) atoms. The summed E-state index contributed by atoms with van der Waals surface area (Å²) in [6, 6.07) is 11.6. The number of halogens is 1. The monoisotopic (exact) mass is 287 g/mol. The van der Waals surface area contributed by atoms with Gasteiger partial charge in [0, 0.05) is 5.56 Å². The number of nitrogen functional groups attached to an aromatic ring is 1. The highest BCUT2D eigenvalue weighted by Gasteiger charge is 2.19. The summed E-state index contributed by atoms with van der Waals surface area (Å²) in [5.74, 6) is 0.631. The van der Waals surface area contributed by atoms with Gasteiger partial charge in [-0.15, -0.1) is 0 Å². The molecule has 0 aliphatic heterocycles. The Labute approximate surface area is 121 Å². The van der Waals surface area contributed by atoms with Crippen LogP contribution >= 0.6 is 11.6 Å². The molecule has 1 aromatic carbocycles. The number of aromatic nitrogens is 2. The van der Waals surface area contributed by atoms with E-state index in [0.717, 1.165) is 28.9 Å². The Balaban J connectivity index is 2.21. The first kappa shape index (κ1) is 12.8. The zero-order chi connectivity index (χ0) is 14.1. The number of rotatable bonds is 3. The van der Waals surface area contributed by atoms with Crippen LogP contribution in [0, 0.1) is 0 Å². The van der Waals surface area contributed by atoms with Crippen LogP contribution < -0.4 is 5.73 Å². The van der Waals surface area contributed by atoms with Crippen LogP contribution in [0.15, 0.2) is 47.1 Å². The number of nitrogens with zero attached hydrogens (tertiary/aromatic N) is 2. The molecule has 102 valence electrons. The summed E-state index contributed by atoms with van der Waals surface area (Å²) in [4.78, 5) is 0. The molecule has 0 spiro atoms. The van der Waals surface area contributed by atoms with Crippen molar-refractivity contribution in [2.45, 2.75) is 13.3 Å². The summed E-state index contributed by atoms with van der Waals surface area (Å²) < 4.78 is 6.88. The van der Waals surface area contributed by atoms with Gasteiger partial charge in [0.15, 0.2) is 0 Å². The lowest BCUT2D eigenvalue weighted by Gasteiger charge is -2.03. The van der Waals surface area contributed by atoms with Crippen molar-refractivity contribution in [1.82, 2.24) is 9.78 Å². The van der Waals surface area contributed by atoms with Crippen LogP contribution in [0.5, 0.6) is 0 Å². The van der Waals surface area contributed by atoms with E-state index in [1.165, 1.54) is 0 Å². The molecule has 0 atom stereocenters. The second-order valence-corrected chi connectivity index (χ2v) is 4.76. The highest BCUT2D eigenvalue weighted by molar-refractivity contribution is 6.31. The molecule has 2 N–H and O–H groups in total. The first-order valence-electron chi connectivity index (χ1n) is 6.38. The number of hydrogen-bond acceptors (Lipinski definition) is 3. The largest absolute Gasteiger partial charge is 0.452 e. The Morgan fingerprint density at radius 2 is 2.00 bits per heavy atom. The van der Waals surface area contributed by atoms with Crippen molar-refractivity contribution < 1.29 is 4.42 Å². The maximum atomic E-state index is 6.23. The van der Waals surface area contributed by atoms with Crippen LogP contribution in [-0.2, 0) is 6.42 Å². The van der Waals surface area contributed by atoms with Crippen molar-refractivity contribution in [3.63, 3.8) is 0 Å². The van der Waals surface area contributed by atoms with E-state index in [1.807, 2.05) is 37.3 Å². The smallest absolute Gasteiger partial charge is 0.202 e. The van der Waals surface area contributed by atoms with E-state index in [0.29, 0.717) is 11.0 Å². The standard InChI is InChI=1S/C15H14ClN3O/c1-2-11-13(12-8-9-20-14(12)16)18-19(15(11)17)10-6-4-3-5-7-10/h3-9H,2,17H2,1H3. The highest BCUT2D eigenvalue weighted by atomic mass is 35.5. The van der Waals surface area contributed by atoms with Gasteiger partial charge in [-0.3, -0.25) is 0 Å². The van der Waals surface area contributed by atoms with Gasteiger partial charge in [-0.1, -0.05) is 25.1 Å². The second kappa shape index (κ2) is 5.06. The van der Waals surface area contributed by atoms with Gasteiger partial charge in [0.25, 0.3) is 0 Å². The van der Waals surface area contributed by atoms with E-state index in [1.54, 1.807) is 17.0 Å². The first-order valence-corrected chi connectivity index (χ1v) is 6.76. The van der Waals surface area contributed by atoms with Crippen LogP contribution in [0.2, 0.25) is 5.22 Å². The third-order valence-electron chi connectivity index (χ3n) is 3.25. The predicted octanol–water partition coefficient (Wildman–Crippen LogP) is 3.93. The molecular formula is C15H14ClN3O. The maximum Gasteiger partial charge on any atom is 0.202 e. The summed E-state index contributed by atoms with van der Waals surface area (Å²) in [6.45, 7) is 2.04. The van der Waals surface area contributed by atoms with Gasteiger partial charge >= 0.3 is 0 Å². The first-order chi connectivity index (χ1) is 9.72. The lowest BCUT2D eigenvalue weighted by molar-refractivity contribution is 0.570. The van der Waals surface area contributed by atoms with Crippen LogP contribution in [-0.4, -0.2) is 9.78 Å². The summed E-state index contributed by atoms with van der Waals surface area (Å²) in [5.41, 5.74) is 9.66. The zero-order valence-electron chi connectivity index (χ0n) is 11.0. The Morgan fingerprint density at radius 3 is 2.60 bits per heavy atom. The third kappa shape index (κ3) is 1.98. The van der Waals surface area contributed by atoms with E-state index >= 15 is 0 Å². The Bertz CT molecular complexity index is 731. The fourth-order valence-electron chi connectivity index (χ4n) is 2.26. The Morgan fingerprint density at radius 1 is 1.25 bits per heavy atom. The topological polar surface area (TPSA) is 57.0 Å². The van der Waals surface area contributed by atoms with E-state index in [2.05, 4.69) is 5.10 Å². The molecule has 3 aromatic rings. The van der Waals surface area contributed by atoms with E-state index in [9.17, 15) is 0 Å². The van der Waals surface area contributed by atoms with Crippen LogP contribution in [0.4, 0.5) is 5.82 Å². The zero-order valence-corrected chi connectivity index (χ0v) is 11.8. The van der Waals surface area contributed by atoms with E-state index in [-0.39, 0.29) is 0 Å². The fraction of sp³-hybridized carbons (Fsp3) is 0.133. The van der Waals surface area contributed by atoms with E-state index in [4.69, 9.17) is 21.8 Å². The number of benzene rings is 1. The number of anilines is 1. The normalized spacial score (nSPS) is 10.9. The third-order valence-corrected chi connectivity index (χ3v) is 3.54. The van der Waals surface area contributed by atoms with Gasteiger partial charge in [-0.05, 0) is 36.2 Å². The van der Waals surface area contributed by atoms with Crippen LogP contribution in [0.25, 0.3) is 16.9 Å². The van der Waals surface area contributed by atoms with Gasteiger partial charge < -0.3 is 10.2 Å². The maximum absolute atomic E-state index is 6.23. The average molecular weight is 288 g/mol. The Hall–Kier alpha value is -2.20. The summed E-state index contributed by atoms with van der Waals surface area (Å²) >= 11 is 6.05. The summed E-state index contributed by atoms with van der Waals surface area (Å²) in [6.07, 6.45) is 2.32. The van der Waals surface area contributed by atoms with Crippen LogP contribution in [0.1, 0.15) is 12.5 Å². The van der Waals surface area contributed by atoms with E-state index < -0.39 is 0 Å². The van der Waals surface area contributed by atoms with Gasteiger partial charge in [-0.2, -0.15) is 5.10 Å². The molecule has 2 heterocycles. The highest BCUT2D eigenvalue weighted by Crippen LogP contribution is 2.34. The number of hydrogen-bond donors (Lipinski definition) is 1. The molecule has 0 fully saturated rings. The van der Waals surface area contributed by atoms with Crippen molar-refractivity contribution in [1.29, 1.82) is 0 Å². The number of nitrogens with two attached hydrogens (primary N) is 1. The molecule has 0 aliphatic carbocycles. The van der Waals surface area contributed by atoms with Crippen molar-refractivity contribution in [3.8, 4) is 16.9 Å². The molecule has 0 saturated heterocycles.